The monoisotopic (exact) mass is 538 g/mol. The van der Waals surface area contributed by atoms with Gasteiger partial charge in [0.05, 0.1) is 18.1 Å². The Hall–Kier alpha value is -2.53. The Kier molecular flexibility index (Phi) is 7.38. The van der Waals surface area contributed by atoms with E-state index in [9.17, 15) is 14.4 Å². The van der Waals surface area contributed by atoms with Crippen molar-refractivity contribution in [2.45, 2.75) is 13.5 Å². The molecule has 1 saturated heterocycles. The van der Waals surface area contributed by atoms with Gasteiger partial charge in [-0.05, 0) is 82.7 Å². The quantitative estimate of drug-likeness (QED) is 0.406. The van der Waals surface area contributed by atoms with Crippen molar-refractivity contribution in [3.63, 3.8) is 0 Å². The molecule has 1 heterocycles. The largest absolute Gasteiger partial charge is 0.490 e. The van der Waals surface area contributed by atoms with Crippen molar-refractivity contribution >= 4 is 57.5 Å². The van der Waals surface area contributed by atoms with Crippen LogP contribution in [0.2, 0.25) is 0 Å². The van der Waals surface area contributed by atoms with E-state index in [1.807, 2.05) is 31.2 Å². The second-order valence-corrected chi connectivity index (χ2v) is 8.53. The number of carbonyl (C=O) groups is 3. The van der Waals surface area contributed by atoms with Gasteiger partial charge in [0.1, 0.15) is 0 Å². The third-order valence-electron chi connectivity index (χ3n) is 4.06. The highest BCUT2D eigenvalue weighted by molar-refractivity contribution is 14.1. The third kappa shape index (κ3) is 5.54. The molecule has 0 bridgehead atoms. The maximum Gasteiger partial charge on any atom is 0.293 e. The Morgan fingerprint density at radius 1 is 1.13 bits per heavy atom. The zero-order valence-corrected chi connectivity index (χ0v) is 19.1. The number of nitrogens with zero attached hydrogens (tertiary/aromatic N) is 1. The van der Waals surface area contributed by atoms with Crippen molar-refractivity contribution in [1.29, 1.82) is 0 Å². The van der Waals surface area contributed by atoms with E-state index in [0.29, 0.717) is 28.6 Å². The summed E-state index contributed by atoms with van der Waals surface area (Å²) in [5, 5.41) is -0.309. The Bertz CT molecular complexity index is 1010. The summed E-state index contributed by atoms with van der Waals surface area (Å²) in [6.45, 7) is 2.17. The van der Waals surface area contributed by atoms with E-state index in [-0.39, 0.29) is 24.3 Å². The number of halogens is 1. The van der Waals surface area contributed by atoms with Crippen LogP contribution in [0.25, 0.3) is 6.08 Å². The lowest BCUT2D eigenvalue weighted by molar-refractivity contribution is -0.123. The lowest BCUT2D eigenvalue weighted by atomic mass is 10.1. The molecule has 0 radical (unpaired) electrons. The van der Waals surface area contributed by atoms with Crippen molar-refractivity contribution in [2.75, 3.05) is 13.2 Å². The van der Waals surface area contributed by atoms with Gasteiger partial charge in [-0.15, -0.1) is 0 Å². The number of thioether (sulfide) groups is 1. The van der Waals surface area contributed by atoms with Crippen molar-refractivity contribution < 1.29 is 23.9 Å². The topological polar surface area (TPSA) is 98.9 Å². The van der Waals surface area contributed by atoms with Crippen molar-refractivity contribution in [2.24, 2.45) is 5.73 Å². The van der Waals surface area contributed by atoms with Gasteiger partial charge in [0, 0.05) is 3.57 Å². The van der Waals surface area contributed by atoms with Gasteiger partial charge < -0.3 is 15.2 Å². The molecule has 3 rings (SSSR count). The van der Waals surface area contributed by atoms with Crippen LogP contribution in [-0.2, 0) is 16.1 Å². The molecule has 0 atom stereocenters. The first-order valence-electron chi connectivity index (χ1n) is 9.05. The van der Waals surface area contributed by atoms with Gasteiger partial charge in [-0.1, -0.05) is 18.2 Å². The molecule has 2 N–H and O–H groups in total. The minimum Gasteiger partial charge on any atom is -0.490 e. The van der Waals surface area contributed by atoms with Crippen LogP contribution >= 0.6 is 34.4 Å². The van der Waals surface area contributed by atoms with Crippen LogP contribution < -0.4 is 15.2 Å². The SMILES string of the molecule is CCOc1cc(/C=C2\SC(=O)N(Cc3ccc(I)cc3)C2=O)ccc1OCC(N)=O. The Morgan fingerprint density at radius 2 is 1.87 bits per heavy atom. The van der Waals surface area contributed by atoms with E-state index in [0.717, 1.165) is 20.9 Å². The number of primary amides is 1. The highest BCUT2D eigenvalue weighted by Gasteiger charge is 2.35. The number of nitrogens with two attached hydrogens (primary N) is 1. The number of ether oxygens (including phenoxy) is 2. The average molecular weight is 538 g/mol. The summed E-state index contributed by atoms with van der Waals surface area (Å²) >= 11 is 3.10. The van der Waals surface area contributed by atoms with Crippen LogP contribution in [-0.4, -0.2) is 35.2 Å². The van der Waals surface area contributed by atoms with Crippen molar-refractivity contribution in [1.82, 2.24) is 4.90 Å². The van der Waals surface area contributed by atoms with E-state index in [1.54, 1.807) is 24.3 Å². The third-order valence-corrected chi connectivity index (χ3v) is 5.69. The van der Waals surface area contributed by atoms with Crippen molar-refractivity contribution in [3.05, 3.63) is 62.1 Å². The molecular formula is C21H19IN2O5S. The maximum absolute atomic E-state index is 12.8. The first-order chi connectivity index (χ1) is 14.4. The van der Waals surface area contributed by atoms with E-state index < -0.39 is 5.91 Å². The van der Waals surface area contributed by atoms with Gasteiger partial charge >= 0.3 is 0 Å². The maximum atomic E-state index is 12.8. The molecule has 0 saturated carbocycles. The summed E-state index contributed by atoms with van der Waals surface area (Å²) in [5.74, 6) is -0.135. The normalized spacial score (nSPS) is 15.0. The molecule has 1 aliphatic heterocycles. The van der Waals surface area contributed by atoms with Gasteiger partial charge in [-0.25, -0.2) is 0 Å². The molecule has 156 valence electrons. The number of imide groups is 1. The second-order valence-electron chi connectivity index (χ2n) is 6.29. The fraction of sp³-hybridized carbons (Fsp3) is 0.190. The fourth-order valence-corrected chi connectivity index (χ4v) is 3.91. The predicted molar refractivity (Wildman–Crippen MR) is 123 cm³/mol. The van der Waals surface area contributed by atoms with Crippen LogP contribution in [0.3, 0.4) is 0 Å². The van der Waals surface area contributed by atoms with Crippen LogP contribution in [0.1, 0.15) is 18.1 Å². The van der Waals surface area contributed by atoms with E-state index in [4.69, 9.17) is 15.2 Å². The average Bonchev–Trinajstić information content (AvgIpc) is 2.96. The standard InChI is InChI=1S/C21H19IN2O5S/c1-2-28-17-9-14(5-8-16(17)29-12-19(23)25)10-18-20(26)24(21(27)30-18)11-13-3-6-15(22)7-4-13/h3-10H,2,11-12H2,1H3,(H2,23,25)/b18-10-. The Balaban J connectivity index is 1.79. The Labute approximate surface area is 191 Å². The molecule has 9 heteroatoms. The Morgan fingerprint density at radius 3 is 2.53 bits per heavy atom. The molecule has 2 aromatic rings. The fourth-order valence-electron chi connectivity index (χ4n) is 2.71. The summed E-state index contributed by atoms with van der Waals surface area (Å²) < 4.78 is 12.0. The first-order valence-corrected chi connectivity index (χ1v) is 10.9. The van der Waals surface area contributed by atoms with Crippen LogP contribution in [0, 0.1) is 3.57 Å². The molecule has 3 amide bonds. The number of rotatable bonds is 8. The minimum atomic E-state index is -0.594. The molecule has 0 unspecified atom stereocenters. The van der Waals surface area contributed by atoms with E-state index in [1.165, 1.54) is 4.90 Å². The van der Waals surface area contributed by atoms with Gasteiger partial charge in [0.25, 0.3) is 17.1 Å². The molecule has 0 aliphatic carbocycles. The summed E-state index contributed by atoms with van der Waals surface area (Å²) in [7, 11) is 0. The highest BCUT2D eigenvalue weighted by atomic mass is 127. The summed E-state index contributed by atoms with van der Waals surface area (Å²) in [6.07, 6.45) is 1.64. The molecule has 1 aliphatic rings. The summed E-state index contributed by atoms with van der Waals surface area (Å²) in [4.78, 5) is 37.6. The second kappa shape index (κ2) is 9.98. The molecular weight excluding hydrogens is 519 g/mol. The van der Waals surface area contributed by atoms with Gasteiger partial charge in [0.2, 0.25) is 0 Å². The lowest BCUT2D eigenvalue weighted by Gasteiger charge is -2.12. The lowest BCUT2D eigenvalue weighted by Crippen LogP contribution is -2.27. The predicted octanol–water partition coefficient (Wildman–Crippen LogP) is 3.79. The summed E-state index contributed by atoms with van der Waals surface area (Å²) in [6, 6.07) is 12.7. The molecule has 1 fully saturated rings. The smallest absolute Gasteiger partial charge is 0.293 e. The van der Waals surface area contributed by atoms with Gasteiger partial charge in [-0.2, -0.15) is 0 Å². The molecule has 30 heavy (non-hydrogen) atoms. The highest BCUT2D eigenvalue weighted by Crippen LogP contribution is 2.35. The van der Waals surface area contributed by atoms with Gasteiger partial charge in [-0.3, -0.25) is 19.3 Å². The molecule has 0 spiro atoms. The number of carbonyl (C=O) groups excluding carboxylic acids is 3. The van der Waals surface area contributed by atoms with Crippen molar-refractivity contribution in [3.8, 4) is 11.5 Å². The van der Waals surface area contributed by atoms with Crippen LogP contribution in [0.5, 0.6) is 11.5 Å². The molecule has 7 nitrogen and oxygen atoms in total. The number of hydrogen-bond acceptors (Lipinski definition) is 6. The molecule has 2 aromatic carbocycles. The zero-order valence-electron chi connectivity index (χ0n) is 16.1. The number of benzene rings is 2. The zero-order chi connectivity index (χ0) is 21.7. The molecule has 0 aromatic heterocycles. The number of amides is 3. The van der Waals surface area contributed by atoms with Gasteiger partial charge in [0.15, 0.2) is 18.1 Å². The summed E-state index contributed by atoms with van der Waals surface area (Å²) in [5.41, 5.74) is 6.67. The minimum absolute atomic E-state index is 0.225. The van der Waals surface area contributed by atoms with Crippen LogP contribution in [0.15, 0.2) is 47.4 Å². The van der Waals surface area contributed by atoms with E-state index >= 15 is 0 Å². The van der Waals surface area contributed by atoms with Crippen LogP contribution in [0.4, 0.5) is 4.79 Å². The first kappa shape index (κ1) is 22.2. The number of hydrogen-bond donors (Lipinski definition) is 1. The van der Waals surface area contributed by atoms with E-state index in [2.05, 4.69) is 22.6 Å².